The molecular weight excluding hydrogens is 234 g/mol. The first-order valence-electron chi connectivity index (χ1n) is 8.32. The summed E-state index contributed by atoms with van der Waals surface area (Å²) in [6.45, 7) is 6.97. The molecule has 0 aromatic heterocycles. The number of rotatable bonds is 2. The highest BCUT2D eigenvalue weighted by atomic mass is 16.1. The van der Waals surface area contributed by atoms with Crippen LogP contribution >= 0.6 is 0 Å². The third-order valence-electron chi connectivity index (χ3n) is 5.87. The van der Waals surface area contributed by atoms with Crippen molar-refractivity contribution >= 4 is 5.78 Å². The summed E-state index contributed by atoms with van der Waals surface area (Å²) in [6, 6.07) is 0.812. The van der Waals surface area contributed by atoms with Gasteiger partial charge in [0, 0.05) is 24.9 Å². The third kappa shape index (κ3) is 2.89. The fraction of sp³-hybridized carbons (Fsp3) is 0.941. The maximum absolute atomic E-state index is 12.2. The second kappa shape index (κ2) is 5.20. The van der Waals surface area contributed by atoms with E-state index in [1.807, 2.05) is 0 Å². The predicted molar refractivity (Wildman–Crippen MR) is 78.1 cm³/mol. The number of ketones is 1. The van der Waals surface area contributed by atoms with Crippen LogP contribution in [-0.2, 0) is 4.79 Å². The van der Waals surface area contributed by atoms with E-state index in [1.54, 1.807) is 0 Å². The van der Waals surface area contributed by atoms with Gasteiger partial charge in [-0.15, -0.1) is 0 Å². The fourth-order valence-corrected chi connectivity index (χ4v) is 4.78. The standard InChI is InChI=1S/C17H29NO/c1-17(2)9-8-16(19)14(11-17)12-18-10-4-6-13-5-3-7-15(13)18/h13-15H,3-12H2,1-2H3. The summed E-state index contributed by atoms with van der Waals surface area (Å²) < 4.78 is 0. The van der Waals surface area contributed by atoms with Crippen molar-refractivity contribution in [2.24, 2.45) is 17.3 Å². The molecule has 1 saturated heterocycles. The van der Waals surface area contributed by atoms with Gasteiger partial charge in [-0.2, -0.15) is 0 Å². The first kappa shape index (κ1) is 13.6. The highest BCUT2D eigenvalue weighted by molar-refractivity contribution is 5.82. The molecule has 0 spiro atoms. The van der Waals surface area contributed by atoms with E-state index in [2.05, 4.69) is 18.7 Å². The quantitative estimate of drug-likeness (QED) is 0.758. The summed E-state index contributed by atoms with van der Waals surface area (Å²) in [4.78, 5) is 14.9. The van der Waals surface area contributed by atoms with Crippen LogP contribution in [0.15, 0.2) is 0 Å². The number of hydrogen-bond acceptors (Lipinski definition) is 2. The van der Waals surface area contributed by atoms with Gasteiger partial charge in [0.05, 0.1) is 0 Å². The van der Waals surface area contributed by atoms with Crippen molar-refractivity contribution in [3.05, 3.63) is 0 Å². The van der Waals surface area contributed by atoms with Gasteiger partial charge in [0.15, 0.2) is 0 Å². The van der Waals surface area contributed by atoms with Gasteiger partial charge in [-0.1, -0.05) is 20.3 Å². The second-order valence-electron chi connectivity index (χ2n) is 7.93. The van der Waals surface area contributed by atoms with Crippen molar-refractivity contribution in [3.8, 4) is 0 Å². The molecule has 0 N–H and O–H groups in total. The number of nitrogens with zero attached hydrogens (tertiary/aromatic N) is 1. The molecule has 0 amide bonds. The topological polar surface area (TPSA) is 20.3 Å². The zero-order valence-electron chi connectivity index (χ0n) is 12.7. The van der Waals surface area contributed by atoms with E-state index in [-0.39, 0.29) is 0 Å². The molecule has 3 rings (SSSR count). The van der Waals surface area contributed by atoms with Crippen LogP contribution in [-0.4, -0.2) is 29.8 Å². The van der Waals surface area contributed by atoms with Crippen molar-refractivity contribution in [2.75, 3.05) is 13.1 Å². The molecule has 1 heterocycles. The Morgan fingerprint density at radius 3 is 2.84 bits per heavy atom. The van der Waals surface area contributed by atoms with Gasteiger partial charge in [-0.05, 0) is 56.4 Å². The lowest BCUT2D eigenvalue weighted by atomic mass is 9.71. The number of carbonyl (C=O) groups excluding carboxylic acids is 1. The SMILES string of the molecule is CC1(C)CCC(=O)C(CN2CCCC3CCCC32)C1. The maximum Gasteiger partial charge on any atom is 0.137 e. The maximum atomic E-state index is 12.2. The molecule has 3 unspecified atom stereocenters. The van der Waals surface area contributed by atoms with Crippen molar-refractivity contribution in [1.29, 1.82) is 0 Å². The van der Waals surface area contributed by atoms with E-state index in [0.717, 1.165) is 37.8 Å². The average molecular weight is 263 g/mol. The summed E-state index contributed by atoms with van der Waals surface area (Å²) in [5.41, 5.74) is 0.378. The molecule has 0 aromatic carbocycles. The zero-order chi connectivity index (χ0) is 13.5. The first-order chi connectivity index (χ1) is 9.05. The first-order valence-corrected chi connectivity index (χ1v) is 8.32. The van der Waals surface area contributed by atoms with Gasteiger partial charge in [0.1, 0.15) is 5.78 Å². The molecule has 2 heteroatoms. The van der Waals surface area contributed by atoms with Crippen molar-refractivity contribution in [3.63, 3.8) is 0 Å². The largest absolute Gasteiger partial charge is 0.299 e. The minimum absolute atomic E-state index is 0.322. The van der Waals surface area contributed by atoms with Crippen LogP contribution in [0.25, 0.3) is 0 Å². The van der Waals surface area contributed by atoms with Crippen LogP contribution in [0.2, 0.25) is 0 Å². The summed E-state index contributed by atoms with van der Waals surface area (Å²) in [5, 5.41) is 0. The molecule has 19 heavy (non-hydrogen) atoms. The van der Waals surface area contributed by atoms with E-state index in [4.69, 9.17) is 0 Å². The Hall–Kier alpha value is -0.370. The van der Waals surface area contributed by atoms with Gasteiger partial charge in [0.2, 0.25) is 0 Å². The molecule has 0 bridgehead atoms. The Balaban J connectivity index is 1.64. The molecule has 0 radical (unpaired) electrons. The van der Waals surface area contributed by atoms with Crippen molar-refractivity contribution < 1.29 is 4.79 Å². The van der Waals surface area contributed by atoms with Crippen LogP contribution in [0.5, 0.6) is 0 Å². The highest BCUT2D eigenvalue weighted by Gasteiger charge is 2.39. The fourth-order valence-electron chi connectivity index (χ4n) is 4.78. The molecule has 3 atom stereocenters. The molecule has 2 saturated carbocycles. The van der Waals surface area contributed by atoms with Crippen LogP contribution in [0.3, 0.4) is 0 Å². The molecular formula is C17H29NO. The van der Waals surface area contributed by atoms with Crippen LogP contribution in [0.1, 0.15) is 65.2 Å². The number of fused-ring (bicyclic) bond motifs is 1. The number of carbonyl (C=O) groups is 1. The molecule has 2 nitrogen and oxygen atoms in total. The van der Waals surface area contributed by atoms with Crippen LogP contribution in [0.4, 0.5) is 0 Å². The predicted octanol–water partition coefficient (Wildman–Crippen LogP) is 3.65. The number of Topliss-reactive ketones (excluding diaryl/α,β-unsaturated/α-hetero) is 1. The highest BCUT2D eigenvalue weighted by Crippen LogP contribution is 2.40. The van der Waals surface area contributed by atoms with E-state index < -0.39 is 0 Å². The number of likely N-dealkylation sites (tertiary alicyclic amines) is 1. The lowest BCUT2D eigenvalue weighted by molar-refractivity contribution is -0.128. The summed E-state index contributed by atoms with van der Waals surface area (Å²) in [7, 11) is 0. The van der Waals surface area contributed by atoms with E-state index in [0.29, 0.717) is 17.1 Å². The Kier molecular flexibility index (Phi) is 3.72. The molecule has 0 aromatic rings. The zero-order valence-corrected chi connectivity index (χ0v) is 12.7. The Labute approximate surface area is 117 Å². The van der Waals surface area contributed by atoms with Crippen molar-refractivity contribution in [1.82, 2.24) is 4.90 Å². The van der Waals surface area contributed by atoms with Gasteiger partial charge in [0.25, 0.3) is 0 Å². The summed E-state index contributed by atoms with van der Waals surface area (Å²) >= 11 is 0. The number of hydrogen-bond donors (Lipinski definition) is 0. The Bertz CT molecular complexity index is 349. The van der Waals surface area contributed by atoms with Gasteiger partial charge < -0.3 is 0 Å². The average Bonchev–Trinajstić information content (AvgIpc) is 2.83. The Morgan fingerprint density at radius 1 is 1.21 bits per heavy atom. The Morgan fingerprint density at radius 2 is 2.00 bits per heavy atom. The van der Waals surface area contributed by atoms with E-state index in [9.17, 15) is 4.79 Å². The van der Waals surface area contributed by atoms with Crippen LogP contribution < -0.4 is 0 Å². The minimum Gasteiger partial charge on any atom is -0.299 e. The summed E-state index contributed by atoms with van der Waals surface area (Å²) in [6.07, 6.45) is 10.0. The summed E-state index contributed by atoms with van der Waals surface area (Å²) in [5.74, 6) is 1.81. The second-order valence-corrected chi connectivity index (χ2v) is 7.93. The van der Waals surface area contributed by atoms with Crippen molar-refractivity contribution in [2.45, 2.75) is 71.3 Å². The van der Waals surface area contributed by atoms with Crippen LogP contribution in [0, 0.1) is 17.3 Å². The van der Waals surface area contributed by atoms with Gasteiger partial charge >= 0.3 is 0 Å². The molecule has 3 aliphatic rings. The van der Waals surface area contributed by atoms with E-state index in [1.165, 1.54) is 38.6 Å². The minimum atomic E-state index is 0.322. The normalized spacial score (nSPS) is 39.3. The monoisotopic (exact) mass is 263 g/mol. The smallest absolute Gasteiger partial charge is 0.137 e. The van der Waals surface area contributed by atoms with E-state index >= 15 is 0 Å². The third-order valence-corrected chi connectivity index (χ3v) is 5.87. The lowest BCUT2D eigenvalue weighted by Gasteiger charge is -2.42. The molecule has 3 fully saturated rings. The van der Waals surface area contributed by atoms with Gasteiger partial charge in [-0.25, -0.2) is 0 Å². The number of piperidine rings is 1. The molecule has 1 aliphatic heterocycles. The van der Waals surface area contributed by atoms with Gasteiger partial charge in [-0.3, -0.25) is 9.69 Å². The molecule has 2 aliphatic carbocycles. The lowest BCUT2D eigenvalue weighted by Crippen LogP contribution is -2.47. The molecule has 108 valence electrons.